The molecule has 0 radical (unpaired) electrons. The van der Waals surface area contributed by atoms with E-state index in [1.807, 2.05) is 20.8 Å². The SMILES string of the molecule is CCOC(N)=O.CC[N+](CC)(CC)S(=O)[O-]. The first-order chi connectivity index (χ1) is 7.40. The molecule has 0 aliphatic carbocycles. The van der Waals surface area contributed by atoms with Gasteiger partial charge in [0, 0.05) is 0 Å². The van der Waals surface area contributed by atoms with Gasteiger partial charge in [-0.05, 0) is 27.7 Å². The molecule has 0 rings (SSSR count). The van der Waals surface area contributed by atoms with Crippen LogP contribution in [0.2, 0.25) is 0 Å². The molecule has 1 unspecified atom stereocenters. The number of hydrogen-bond donors (Lipinski definition) is 1. The van der Waals surface area contributed by atoms with Gasteiger partial charge in [-0.25, -0.2) is 12.9 Å². The van der Waals surface area contributed by atoms with Gasteiger partial charge in [0.25, 0.3) is 0 Å². The van der Waals surface area contributed by atoms with E-state index in [2.05, 4.69) is 10.5 Å². The van der Waals surface area contributed by atoms with Crippen molar-refractivity contribution >= 4 is 17.4 Å². The fourth-order valence-electron chi connectivity index (χ4n) is 1.13. The van der Waals surface area contributed by atoms with E-state index < -0.39 is 17.4 Å². The van der Waals surface area contributed by atoms with Gasteiger partial charge >= 0.3 is 6.09 Å². The smallest absolute Gasteiger partial charge is 0.404 e. The van der Waals surface area contributed by atoms with Crippen molar-refractivity contribution in [3.8, 4) is 0 Å². The Labute approximate surface area is 99.8 Å². The third-order valence-electron chi connectivity index (χ3n) is 2.33. The second-order valence-corrected chi connectivity index (χ2v) is 4.18. The summed E-state index contributed by atoms with van der Waals surface area (Å²) in [5.41, 5.74) is 4.54. The molecule has 0 aliphatic heterocycles. The van der Waals surface area contributed by atoms with Crippen LogP contribution in [0.4, 0.5) is 4.79 Å². The summed E-state index contributed by atoms with van der Waals surface area (Å²) in [7, 11) is 0. The minimum atomic E-state index is -1.97. The lowest BCUT2D eigenvalue weighted by Gasteiger charge is -2.35. The number of rotatable bonds is 5. The lowest BCUT2D eigenvalue weighted by atomic mass is 10.5. The quantitative estimate of drug-likeness (QED) is 0.579. The third-order valence-corrected chi connectivity index (χ3v) is 3.74. The van der Waals surface area contributed by atoms with Crippen LogP contribution in [0.3, 0.4) is 0 Å². The van der Waals surface area contributed by atoms with Crippen molar-refractivity contribution in [2.75, 3.05) is 26.2 Å². The lowest BCUT2D eigenvalue weighted by molar-refractivity contribution is -0.800. The van der Waals surface area contributed by atoms with Crippen molar-refractivity contribution < 1.29 is 22.2 Å². The minimum Gasteiger partial charge on any atom is -0.724 e. The predicted molar refractivity (Wildman–Crippen MR) is 62.0 cm³/mol. The molecule has 16 heavy (non-hydrogen) atoms. The van der Waals surface area contributed by atoms with Crippen molar-refractivity contribution in [3.05, 3.63) is 0 Å². The standard InChI is InChI=1S/C6H15NO2S.C3H7NO2/c1-4-7(5-2,6-3)10(8)9;1-2-6-3(4)5/h4-6H2,1-3H3;2H2,1H3,(H2,4,5). The van der Waals surface area contributed by atoms with Gasteiger partial charge in [-0.2, -0.15) is 0 Å². The van der Waals surface area contributed by atoms with Crippen molar-refractivity contribution in [1.29, 1.82) is 0 Å². The van der Waals surface area contributed by atoms with E-state index >= 15 is 0 Å². The van der Waals surface area contributed by atoms with Crippen LogP contribution in [0.5, 0.6) is 0 Å². The van der Waals surface area contributed by atoms with Crippen LogP contribution in [-0.2, 0) is 16.0 Å². The first-order valence-corrected chi connectivity index (χ1v) is 6.31. The van der Waals surface area contributed by atoms with Crippen molar-refractivity contribution in [2.24, 2.45) is 5.73 Å². The molecular weight excluding hydrogens is 232 g/mol. The van der Waals surface area contributed by atoms with E-state index in [0.29, 0.717) is 26.2 Å². The Morgan fingerprint density at radius 1 is 1.25 bits per heavy atom. The predicted octanol–water partition coefficient (Wildman–Crippen LogP) is 0.759. The number of carbonyl (C=O) groups excluding carboxylic acids is 1. The summed E-state index contributed by atoms with van der Waals surface area (Å²) >= 11 is -1.97. The molecule has 6 nitrogen and oxygen atoms in total. The number of carbonyl (C=O) groups is 1. The molecule has 0 saturated heterocycles. The number of amides is 1. The zero-order valence-corrected chi connectivity index (χ0v) is 11.2. The number of quaternary nitrogens is 1. The monoisotopic (exact) mass is 254 g/mol. The Morgan fingerprint density at radius 3 is 1.62 bits per heavy atom. The molecule has 0 aromatic rings. The number of ether oxygens (including phenoxy) is 1. The highest BCUT2D eigenvalue weighted by atomic mass is 32.2. The zero-order valence-electron chi connectivity index (χ0n) is 10.4. The summed E-state index contributed by atoms with van der Waals surface area (Å²) in [6, 6.07) is 0. The molecule has 0 heterocycles. The first-order valence-electron chi connectivity index (χ1n) is 5.28. The average molecular weight is 254 g/mol. The van der Waals surface area contributed by atoms with Crippen molar-refractivity contribution in [1.82, 2.24) is 0 Å². The van der Waals surface area contributed by atoms with Crippen molar-refractivity contribution in [2.45, 2.75) is 27.7 Å². The van der Waals surface area contributed by atoms with Crippen LogP contribution in [0.1, 0.15) is 27.7 Å². The van der Waals surface area contributed by atoms with Crippen LogP contribution < -0.4 is 5.73 Å². The fourth-order valence-corrected chi connectivity index (χ4v) is 1.76. The summed E-state index contributed by atoms with van der Waals surface area (Å²) in [5, 5.41) is 0. The molecule has 1 amide bonds. The van der Waals surface area contributed by atoms with E-state index in [1.54, 1.807) is 6.92 Å². The molecule has 0 aliphatic rings. The maximum absolute atomic E-state index is 10.7. The van der Waals surface area contributed by atoms with E-state index in [-0.39, 0.29) is 3.89 Å². The first kappa shape index (κ1) is 17.7. The average Bonchev–Trinajstić information content (AvgIpc) is 2.21. The summed E-state index contributed by atoms with van der Waals surface area (Å²) in [6.45, 7) is 9.70. The van der Waals surface area contributed by atoms with Crippen LogP contribution in [0.25, 0.3) is 0 Å². The maximum Gasteiger partial charge on any atom is 0.404 e. The molecule has 1 atom stereocenters. The molecule has 0 fully saturated rings. The van der Waals surface area contributed by atoms with Gasteiger partial charge < -0.3 is 15.0 Å². The van der Waals surface area contributed by atoms with Gasteiger partial charge in [-0.15, -0.1) is 0 Å². The highest BCUT2D eigenvalue weighted by Gasteiger charge is 2.21. The summed E-state index contributed by atoms with van der Waals surface area (Å²) in [5.74, 6) is 0. The molecule has 98 valence electrons. The number of nitrogens with zero attached hydrogens (tertiary/aromatic N) is 1. The van der Waals surface area contributed by atoms with E-state index in [4.69, 9.17) is 0 Å². The van der Waals surface area contributed by atoms with Crippen LogP contribution in [0, 0.1) is 0 Å². The molecular formula is C9H22N2O4S. The second-order valence-electron chi connectivity index (χ2n) is 2.98. The summed E-state index contributed by atoms with van der Waals surface area (Å²) < 4.78 is 25.7. The minimum absolute atomic E-state index is 0.181. The van der Waals surface area contributed by atoms with Gasteiger partial charge in [-0.3, -0.25) is 0 Å². The number of hydrogen-bond acceptors (Lipinski definition) is 4. The molecule has 0 bridgehead atoms. The Hall–Kier alpha value is -0.660. The van der Waals surface area contributed by atoms with E-state index in [1.165, 1.54) is 0 Å². The third kappa shape index (κ3) is 6.76. The van der Waals surface area contributed by atoms with Crippen molar-refractivity contribution in [3.63, 3.8) is 0 Å². The van der Waals surface area contributed by atoms with Gasteiger partial charge in [0.1, 0.15) is 11.3 Å². The van der Waals surface area contributed by atoms with Crippen LogP contribution in [0.15, 0.2) is 0 Å². The molecule has 7 heteroatoms. The van der Waals surface area contributed by atoms with Gasteiger partial charge in [0.2, 0.25) is 0 Å². The summed E-state index contributed by atoms with van der Waals surface area (Å²) in [6.07, 6.45) is -0.711. The summed E-state index contributed by atoms with van der Waals surface area (Å²) in [4.78, 5) is 9.60. The Balaban J connectivity index is 0. The maximum atomic E-state index is 10.7. The lowest BCUT2D eigenvalue weighted by Crippen LogP contribution is -2.48. The number of nitrogens with two attached hydrogens (primary N) is 1. The highest BCUT2D eigenvalue weighted by Crippen LogP contribution is 2.07. The molecule has 0 spiro atoms. The second kappa shape index (κ2) is 9.56. The fraction of sp³-hybridized carbons (Fsp3) is 0.889. The van der Waals surface area contributed by atoms with Crippen LogP contribution >= 0.6 is 0 Å². The van der Waals surface area contributed by atoms with Gasteiger partial charge in [0.05, 0.1) is 26.2 Å². The zero-order chi connectivity index (χ0) is 13.2. The van der Waals surface area contributed by atoms with E-state index in [9.17, 15) is 13.6 Å². The molecule has 0 aromatic heterocycles. The van der Waals surface area contributed by atoms with Gasteiger partial charge in [0.15, 0.2) is 0 Å². The Bertz CT molecular complexity index is 211. The molecule has 0 aromatic carbocycles. The highest BCUT2D eigenvalue weighted by molar-refractivity contribution is 7.73. The largest absolute Gasteiger partial charge is 0.724 e. The molecule has 0 saturated carbocycles. The normalized spacial score (nSPS) is 12.3. The van der Waals surface area contributed by atoms with E-state index in [0.717, 1.165) is 0 Å². The van der Waals surface area contributed by atoms with Crippen LogP contribution in [-0.4, -0.2) is 45.0 Å². The van der Waals surface area contributed by atoms with Gasteiger partial charge in [-0.1, -0.05) is 0 Å². The number of primary amides is 1. The Morgan fingerprint density at radius 2 is 1.62 bits per heavy atom. The Kier molecular flexibility index (Phi) is 10.6. The topological polar surface area (TPSA) is 92.5 Å². The molecule has 2 N–H and O–H groups in total.